The Kier molecular flexibility index (Phi) is 3.84. The van der Waals surface area contributed by atoms with Gasteiger partial charge in [0.25, 0.3) is 0 Å². The van der Waals surface area contributed by atoms with E-state index >= 15 is 0 Å². The Morgan fingerprint density at radius 2 is 2.25 bits per heavy atom. The largest absolute Gasteiger partial charge is 0.342 e. The lowest BCUT2D eigenvalue weighted by Crippen LogP contribution is -2.04. The van der Waals surface area contributed by atoms with Gasteiger partial charge in [-0.05, 0) is 50.0 Å². The second kappa shape index (κ2) is 6.02. The number of anilines is 1. The van der Waals surface area contributed by atoms with E-state index < -0.39 is 0 Å². The summed E-state index contributed by atoms with van der Waals surface area (Å²) in [7, 11) is 0. The SMILES string of the molecule is C=Cc1nc(-c2cc3ccc(NSC)nc3n2CC2CC2)c(C)[nH]1. The van der Waals surface area contributed by atoms with Crippen LogP contribution in [0.1, 0.15) is 24.4 Å². The molecule has 0 bridgehead atoms. The summed E-state index contributed by atoms with van der Waals surface area (Å²) in [5, 5.41) is 1.15. The number of nitrogens with one attached hydrogen (secondary N) is 2. The second-order valence-corrected chi connectivity index (χ2v) is 6.91. The molecule has 0 spiro atoms. The predicted octanol–water partition coefficient (Wildman–Crippen LogP) is 4.48. The normalized spacial score (nSPS) is 14.2. The average Bonchev–Trinajstić information content (AvgIpc) is 3.22. The van der Waals surface area contributed by atoms with Crippen LogP contribution >= 0.6 is 11.9 Å². The van der Waals surface area contributed by atoms with Gasteiger partial charge in [-0.25, -0.2) is 9.97 Å². The van der Waals surface area contributed by atoms with Crippen molar-refractivity contribution >= 4 is 34.9 Å². The zero-order chi connectivity index (χ0) is 16.7. The molecule has 4 rings (SSSR count). The lowest BCUT2D eigenvalue weighted by Gasteiger charge is -2.09. The Morgan fingerprint density at radius 3 is 2.92 bits per heavy atom. The number of H-pyrrole nitrogens is 1. The number of imidazole rings is 1. The van der Waals surface area contributed by atoms with Crippen molar-refractivity contribution in [3.63, 3.8) is 0 Å². The third kappa shape index (κ3) is 2.71. The van der Waals surface area contributed by atoms with Gasteiger partial charge in [-0.15, -0.1) is 0 Å². The van der Waals surface area contributed by atoms with Crippen molar-refractivity contribution < 1.29 is 0 Å². The minimum absolute atomic E-state index is 0.761. The maximum atomic E-state index is 4.82. The first-order valence-corrected chi connectivity index (χ1v) is 9.40. The molecule has 24 heavy (non-hydrogen) atoms. The van der Waals surface area contributed by atoms with E-state index in [-0.39, 0.29) is 0 Å². The van der Waals surface area contributed by atoms with Crippen molar-refractivity contribution in [1.82, 2.24) is 19.5 Å². The number of nitrogens with zero attached hydrogens (tertiary/aromatic N) is 3. The molecule has 3 aromatic rings. The molecule has 0 radical (unpaired) electrons. The molecule has 0 aliphatic heterocycles. The molecule has 6 heteroatoms. The Bertz CT molecular complexity index is 904. The lowest BCUT2D eigenvalue weighted by atomic mass is 10.2. The van der Waals surface area contributed by atoms with Gasteiger partial charge in [0, 0.05) is 23.9 Å². The minimum Gasteiger partial charge on any atom is -0.342 e. The quantitative estimate of drug-likeness (QED) is 0.650. The molecule has 0 atom stereocenters. The molecule has 5 nitrogen and oxygen atoms in total. The number of aromatic amines is 1. The van der Waals surface area contributed by atoms with E-state index in [9.17, 15) is 0 Å². The highest BCUT2D eigenvalue weighted by Gasteiger charge is 2.25. The molecule has 1 fully saturated rings. The van der Waals surface area contributed by atoms with E-state index in [1.54, 1.807) is 18.0 Å². The third-order valence-electron chi connectivity index (χ3n) is 4.43. The molecular formula is C18H21N5S. The summed E-state index contributed by atoms with van der Waals surface area (Å²) in [5.74, 6) is 2.46. The maximum absolute atomic E-state index is 4.82. The van der Waals surface area contributed by atoms with Gasteiger partial charge in [-0.1, -0.05) is 18.5 Å². The fourth-order valence-corrected chi connectivity index (χ4v) is 3.38. The number of pyridine rings is 1. The van der Waals surface area contributed by atoms with Crippen LogP contribution in [0.15, 0.2) is 24.8 Å². The van der Waals surface area contributed by atoms with E-state index in [1.807, 2.05) is 12.3 Å². The van der Waals surface area contributed by atoms with Crippen molar-refractivity contribution in [2.75, 3.05) is 11.0 Å². The highest BCUT2D eigenvalue weighted by atomic mass is 32.2. The monoisotopic (exact) mass is 339 g/mol. The van der Waals surface area contributed by atoms with Gasteiger partial charge < -0.3 is 14.3 Å². The summed E-state index contributed by atoms with van der Waals surface area (Å²) in [4.78, 5) is 12.8. The maximum Gasteiger partial charge on any atom is 0.142 e. The molecule has 3 aromatic heterocycles. The lowest BCUT2D eigenvalue weighted by molar-refractivity contribution is 0.647. The molecule has 3 heterocycles. The summed E-state index contributed by atoms with van der Waals surface area (Å²) in [6, 6.07) is 6.35. The Hall–Kier alpha value is -2.21. The molecule has 0 saturated heterocycles. The van der Waals surface area contributed by atoms with Crippen LogP contribution in [-0.4, -0.2) is 25.8 Å². The van der Waals surface area contributed by atoms with Crippen LogP contribution in [0.2, 0.25) is 0 Å². The highest BCUT2D eigenvalue weighted by Crippen LogP contribution is 2.36. The molecule has 1 saturated carbocycles. The summed E-state index contributed by atoms with van der Waals surface area (Å²) >= 11 is 1.56. The Morgan fingerprint density at radius 1 is 1.42 bits per heavy atom. The Balaban J connectivity index is 1.89. The van der Waals surface area contributed by atoms with E-state index in [0.29, 0.717) is 0 Å². The number of aromatic nitrogens is 4. The number of hydrogen-bond donors (Lipinski definition) is 2. The first-order valence-electron chi connectivity index (χ1n) is 8.18. The fraction of sp³-hybridized carbons (Fsp3) is 0.333. The van der Waals surface area contributed by atoms with Crippen LogP contribution in [0, 0.1) is 12.8 Å². The summed E-state index contributed by atoms with van der Waals surface area (Å²) < 4.78 is 5.55. The topological polar surface area (TPSA) is 58.5 Å². The fourth-order valence-electron chi connectivity index (χ4n) is 3.06. The first-order chi connectivity index (χ1) is 11.7. The number of hydrogen-bond acceptors (Lipinski definition) is 4. The standard InChI is InChI=1S/C18H21N5S/c1-4-15-19-11(2)17(20-15)14-9-13-7-8-16(22-24-3)21-18(13)23(14)10-12-5-6-12/h4,7-9,12H,1,5-6,10H2,2-3H3,(H,19,20)(H,21,22). The van der Waals surface area contributed by atoms with Gasteiger partial charge in [0.15, 0.2) is 0 Å². The average molecular weight is 339 g/mol. The Labute approximate surface area is 145 Å². The van der Waals surface area contributed by atoms with Crippen LogP contribution in [0.4, 0.5) is 5.82 Å². The molecule has 0 aromatic carbocycles. The molecule has 2 N–H and O–H groups in total. The molecule has 1 aliphatic rings. The van der Waals surface area contributed by atoms with Crippen LogP contribution in [0.3, 0.4) is 0 Å². The van der Waals surface area contributed by atoms with E-state index in [1.165, 1.54) is 12.8 Å². The smallest absolute Gasteiger partial charge is 0.142 e. The molecule has 0 unspecified atom stereocenters. The van der Waals surface area contributed by atoms with Gasteiger partial charge in [0.1, 0.15) is 23.0 Å². The van der Waals surface area contributed by atoms with E-state index in [4.69, 9.17) is 9.97 Å². The second-order valence-electron chi connectivity index (χ2n) is 6.30. The zero-order valence-corrected chi connectivity index (χ0v) is 14.8. The molecule has 124 valence electrons. The van der Waals surface area contributed by atoms with Gasteiger partial charge in [0.05, 0.1) is 5.69 Å². The number of aryl methyl sites for hydroxylation is 1. The molecule has 0 amide bonds. The molecular weight excluding hydrogens is 318 g/mol. The van der Waals surface area contributed by atoms with E-state index in [0.717, 1.165) is 52.2 Å². The summed E-state index contributed by atoms with van der Waals surface area (Å²) in [6.45, 7) is 6.87. The number of fused-ring (bicyclic) bond motifs is 1. The van der Waals surface area contributed by atoms with Crippen molar-refractivity contribution in [3.05, 3.63) is 36.3 Å². The van der Waals surface area contributed by atoms with Crippen molar-refractivity contribution in [3.8, 4) is 11.4 Å². The first kappa shape index (κ1) is 15.3. The minimum atomic E-state index is 0.761. The highest BCUT2D eigenvalue weighted by molar-refractivity contribution is 7.99. The van der Waals surface area contributed by atoms with Crippen LogP contribution < -0.4 is 4.72 Å². The van der Waals surface area contributed by atoms with E-state index in [2.05, 4.69) is 39.9 Å². The summed E-state index contributed by atoms with van der Waals surface area (Å²) in [6.07, 6.45) is 6.37. The van der Waals surface area contributed by atoms with Crippen molar-refractivity contribution in [2.24, 2.45) is 5.92 Å². The van der Waals surface area contributed by atoms with Gasteiger partial charge in [-0.2, -0.15) is 0 Å². The predicted molar refractivity (Wildman–Crippen MR) is 102 cm³/mol. The molecule has 1 aliphatic carbocycles. The van der Waals surface area contributed by atoms with Gasteiger partial charge in [-0.3, -0.25) is 0 Å². The third-order valence-corrected chi connectivity index (χ3v) is 4.84. The summed E-state index contributed by atoms with van der Waals surface area (Å²) in [5.41, 5.74) is 4.21. The zero-order valence-electron chi connectivity index (χ0n) is 14.0. The van der Waals surface area contributed by atoms with Crippen molar-refractivity contribution in [1.29, 1.82) is 0 Å². The van der Waals surface area contributed by atoms with Crippen molar-refractivity contribution in [2.45, 2.75) is 26.3 Å². The van der Waals surface area contributed by atoms with Gasteiger partial charge >= 0.3 is 0 Å². The van der Waals surface area contributed by atoms with Crippen LogP contribution in [0.25, 0.3) is 28.5 Å². The number of rotatable bonds is 6. The van der Waals surface area contributed by atoms with Crippen LogP contribution in [0.5, 0.6) is 0 Å². The van der Waals surface area contributed by atoms with Gasteiger partial charge in [0.2, 0.25) is 0 Å². The van der Waals surface area contributed by atoms with Crippen LogP contribution in [-0.2, 0) is 6.54 Å².